The number of aryl methyl sites for hydroxylation is 1. The standard InChI is InChI=1S/C14H17N3OS2/c1-2-10-12(14(18)17-7-5-15-6-8-17)20-13(16-10)11-4-3-9-19-11/h3-4,9,15H,2,5-8H2,1H3. The Bertz CT molecular complexity index is 586. The van der Waals surface area contributed by atoms with E-state index in [4.69, 9.17) is 0 Å². The maximum absolute atomic E-state index is 12.6. The summed E-state index contributed by atoms with van der Waals surface area (Å²) in [6.07, 6.45) is 0.801. The quantitative estimate of drug-likeness (QED) is 0.947. The third kappa shape index (κ3) is 2.63. The molecule has 3 heterocycles. The summed E-state index contributed by atoms with van der Waals surface area (Å²) in [4.78, 5) is 21.2. The van der Waals surface area contributed by atoms with E-state index >= 15 is 0 Å². The fraction of sp³-hybridized carbons (Fsp3) is 0.429. The van der Waals surface area contributed by atoms with Gasteiger partial charge in [-0.2, -0.15) is 0 Å². The molecule has 0 spiro atoms. The molecule has 1 aliphatic heterocycles. The molecule has 0 atom stereocenters. The van der Waals surface area contributed by atoms with Crippen molar-refractivity contribution in [3.8, 4) is 9.88 Å². The molecule has 0 radical (unpaired) electrons. The zero-order valence-corrected chi connectivity index (χ0v) is 13.0. The van der Waals surface area contributed by atoms with Crippen LogP contribution in [-0.2, 0) is 6.42 Å². The van der Waals surface area contributed by atoms with Crippen LogP contribution in [0, 0.1) is 0 Å². The van der Waals surface area contributed by atoms with Gasteiger partial charge in [0.15, 0.2) is 0 Å². The van der Waals surface area contributed by atoms with Crippen LogP contribution in [0.2, 0.25) is 0 Å². The Hall–Kier alpha value is -1.24. The third-order valence-electron chi connectivity index (χ3n) is 3.36. The van der Waals surface area contributed by atoms with Crippen LogP contribution in [0.1, 0.15) is 22.3 Å². The van der Waals surface area contributed by atoms with Gasteiger partial charge in [-0.3, -0.25) is 4.79 Å². The molecule has 2 aromatic heterocycles. The van der Waals surface area contributed by atoms with Gasteiger partial charge in [-0.15, -0.1) is 22.7 Å². The van der Waals surface area contributed by atoms with Gasteiger partial charge in [0.1, 0.15) is 9.88 Å². The Kier molecular flexibility index (Phi) is 4.14. The van der Waals surface area contributed by atoms with Crippen LogP contribution in [-0.4, -0.2) is 42.0 Å². The van der Waals surface area contributed by atoms with Crippen LogP contribution >= 0.6 is 22.7 Å². The molecule has 0 saturated carbocycles. The Morgan fingerprint density at radius 3 is 2.90 bits per heavy atom. The molecule has 1 fully saturated rings. The molecule has 0 bridgehead atoms. The minimum Gasteiger partial charge on any atom is -0.335 e. The first kappa shape index (κ1) is 13.7. The van der Waals surface area contributed by atoms with Crippen molar-refractivity contribution < 1.29 is 4.79 Å². The molecular weight excluding hydrogens is 290 g/mol. The summed E-state index contributed by atoms with van der Waals surface area (Å²) in [6.45, 7) is 5.39. The Balaban J connectivity index is 1.90. The van der Waals surface area contributed by atoms with Crippen molar-refractivity contribution in [1.29, 1.82) is 0 Å². The number of thiazole rings is 1. The van der Waals surface area contributed by atoms with Gasteiger partial charge in [0.2, 0.25) is 0 Å². The van der Waals surface area contributed by atoms with Gasteiger partial charge in [-0.25, -0.2) is 4.98 Å². The number of thiophene rings is 1. The van der Waals surface area contributed by atoms with Crippen LogP contribution in [0.5, 0.6) is 0 Å². The zero-order chi connectivity index (χ0) is 13.9. The van der Waals surface area contributed by atoms with Gasteiger partial charge in [-0.1, -0.05) is 13.0 Å². The zero-order valence-electron chi connectivity index (χ0n) is 11.4. The van der Waals surface area contributed by atoms with Crippen molar-refractivity contribution in [2.45, 2.75) is 13.3 Å². The topological polar surface area (TPSA) is 45.2 Å². The van der Waals surface area contributed by atoms with E-state index in [-0.39, 0.29) is 5.91 Å². The highest BCUT2D eigenvalue weighted by atomic mass is 32.1. The summed E-state index contributed by atoms with van der Waals surface area (Å²) < 4.78 is 0. The second-order valence-electron chi connectivity index (χ2n) is 4.67. The number of rotatable bonds is 3. The molecule has 2 aromatic rings. The molecule has 0 aliphatic carbocycles. The summed E-state index contributed by atoms with van der Waals surface area (Å²) in [5.74, 6) is 0.142. The largest absolute Gasteiger partial charge is 0.335 e. The summed E-state index contributed by atoms with van der Waals surface area (Å²) in [6, 6.07) is 4.08. The second-order valence-corrected chi connectivity index (χ2v) is 6.61. The fourth-order valence-corrected chi connectivity index (χ4v) is 4.19. The Morgan fingerprint density at radius 2 is 2.25 bits per heavy atom. The van der Waals surface area contributed by atoms with Crippen LogP contribution < -0.4 is 5.32 Å². The summed E-state index contributed by atoms with van der Waals surface area (Å²) in [5, 5.41) is 6.28. The number of carbonyl (C=O) groups excluding carboxylic acids is 1. The molecule has 20 heavy (non-hydrogen) atoms. The number of hydrogen-bond donors (Lipinski definition) is 1. The normalized spacial score (nSPS) is 15.6. The predicted molar refractivity (Wildman–Crippen MR) is 83.6 cm³/mol. The number of piperazine rings is 1. The number of carbonyl (C=O) groups is 1. The van der Waals surface area contributed by atoms with E-state index in [2.05, 4.69) is 23.3 Å². The lowest BCUT2D eigenvalue weighted by Crippen LogP contribution is -2.46. The van der Waals surface area contributed by atoms with Gasteiger partial charge in [-0.05, 0) is 17.9 Å². The van der Waals surface area contributed by atoms with E-state index in [1.54, 1.807) is 11.3 Å². The average Bonchev–Trinajstić information content (AvgIpc) is 3.16. The van der Waals surface area contributed by atoms with Crippen molar-refractivity contribution in [2.24, 2.45) is 0 Å². The summed E-state index contributed by atoms with van der Waals surface area (Å²) in [7, 11) is 0. The molecule has 6 heteroatoms. The highest BCUT2D eigenvalue weighted by Crippen LogP contribution is 2.32. The Labute approximate surface area is 126 Å². The van der Waals surface area contributed by atoms with Crippen LogP contribution in [0.25, 0.3) is 9.88 Å². The molecular formula is C14H17N3OS2. The van der Waals surface area contributed by atoms with Crippen molar-refractivity contribution in [3.63, 3.8) is 0 Å². The molecule has 4 nitrogen and oxygen atoms in total. The lowest BCUT2D eigenvalue weighted by atomic mass is 10.2. The average molecular weight is 307 g/mol. The monoisotopic (exact) mass is 307 g/mol. The minimum atomic E-state index is 0.142. The van der Waals surface area contributed by atoms with Gasteiger partial charge in [0, 0.05) is 26.2 Å². The van der Waals surface area contributed by atoms with E-state index in [1.165, 1.54) is 11.3 Å². The summed E-state index contributed by atoms with van der Waals surface area (Å²) >= 11 is 3.20. The fourth-order valence-electron chi connectivity index (χ4n) is 2.28. The van der Waals surface area contributed by atoms with Crippen LogP contribution in [0.4, 0.5) is 0 Å². The van der Waals surface area contributed by atoms with E-state index in [9.17, 15) is 4.79 Å². The summed E-state index contributed by atoms with van der Waals surface area (Å²) in [5.41, 5.74) is 0.932. The van der Waals surface area contributed by atoms with E-state index < -0.39 is 0 Å². The van der Waals surface area contributed by atoms with Crippen molar-refractivity contribution in [2.75, 3.05) is 26.2 Å². The van der Waals surface area contributed by atoms with Crippen molar-refractivity contribution in [1.82, 2.24) is 15.2 Å². The maximum Gasteiger partial charge on any atom is 0.265 e. The van der Waals surface area contributed by atoms with Crippen molar-refractivity contribution >= 4 is 28.6 Å². The Morgan fingerprint density at radius 1 is 1.45 bits per heavy atom. The predicted octanol–water partition coefficient (Wildman–Crippen LogP) is 2.48. The van der Waals surface area contributed by atoms with Gasteiger partial charge in [0.05, 0.1) is 10.6 Å². The molecule has 106 valence electrons. The lowest BCUT2D eigenvalue weighted by Gasteiger charge is -2.27. The number of amides is 1. The van der Waals surface area contributed by atoms with E-state index in [0.29, 0.717) is 0 Å². The molecule has 0 unspecified atom stereocenters. The SMILES string of the molecule is CCc1nc(-c2cccs2)sc1C(=O)N1CCNCC1. The van der Waals surface area contributed by atoms with Crippen LogP contribution in [0.15, 0.2) is 17.5 Å². The molecule has 1 amide bonds. The number of nitrogens with one attached hydrogen (secondary N) is 1. The second kappa shape index (κ2) is 6.03. The molecule has 3 rings (SSSR count). The van der Waals surface area contributed by atoms with Gasteiger partial charge in [0.25, 0.3) is 5.91 Å². The van der Waals surface area contributed by atoms with E-state index in [0.717, 1.165) is 53.1 Å². The molecule has 1 saturated heterocycles. The molecule has 0 aromatic carbocycles. The third-order valence-corrected chi connectivity index (χ3v) is 5.49. The van der Waals surface area contributed by atoms with Gasteiger partial charge < -0.3 is 10.2 Å². The highest BCUT2D eigenvalue weighted by molar-refractivity contribution is 7.22. The van der Waals surface area contributed by atoms with Crippen LogP contribution in [0.3, 0.4) is 0 Å². The maximum atomic E-state index is 12.6. The van der Waals surface area contributed by atoms with E-state index in [1.807, 2.05) is 16.3 Å². The van der Waals surface area contributed by atoms with Crippen molar-refractivity contribution in [3.05, 3.63) is 28.1 Å². The van der Waals surface area contributed by atoms with Gasteiger partial charge >= 0.3 is 0 Å². The first-order valence-corrected chi connectivity index (χ1v) is 8.52. The highest BCUT2D eigenvalue weighted by Gasteiger charge is 2.24. The molecule has 1 aliphatic rings. The smallest absolute Gasteiger partial charge is 0.265 e. The first-order valence-electron chi connectivity index (χ1n) is 6.83. The number of hydrogen-bond acceptors (Lipinski definition) is 5. The number of nitrogens with zero attached hydrogens (tertiary/aromatic N) is 2. The number of aromatic nitrogens is 1. The first-order chi connectivity index (χ1) is 9.79. The minimum absolute atomic E-state index is 0.142. The lowest BCUT2D eigenvalue weighted by molar-refractivity contribution is 0.0739. The molecule has 1 N–H and O–H groups in total.